The number of furan rings is 1. The fourth-order valence-electron chi connectivity index (χ4n) is 3.66. The second-order valence-electron chi connectivity index (χ2n) is 7.00. The number of carboxylic acid groups (broad SMARTS) is 1. The minimum Gasteiger partial charge on any atom is -0.475 e. The van der Waals surface area contributed by atoms with Gasteiger partial charge in [0.25, 0.3) is 10.0 Å². The smallest absolute Gasteiger partial charge is 0.371 e. The van der Waals surface area contributed by atoms with Crippen molar-refractivity contribution in [2.24, 2.45) is 11.8 Å². The van der Waals surface area contributed by atoms with Gasteiger partial charge in [-0.3, -0.25) is 4.79 Å². The van der Waals surface area contributed by atoms with Gasteiger partial charge >= 0.3 is 5.97 Å². The number of sulfonamides is 1. The monoisotopic (exact) mass is 396 g/mol. The van der Waals surface area contributed by atoms with Crippen molar-refractivity contribution in [3.63, 3.8) is 0 Å². The van der Waals surface area contributed by atoms with Crippen molar-refractivity contribution < 1.29 is 27.5 Å². The summed E-state index contributed by atoms with van der Waals surface area (Å²) in [5, 5.41) is 8.50. The standard InChI is InChI=1S/C18H24N2O6S/c1-2-13-5-9-19(10-6-13)17(21)14-7-11-20(12-8-14)27(24,25)16-4-3-15(26-16)18(22)23/h2-4,13-14H,1,5-12H2,(H,22,23). The van der Waals surface area contributed by atoms with E-state index in [-0.39, 0.29) is 30.0 Å². The molecule has 0 unspecified atom stereocenters. The Morgan fingerprint density at radius 1 is 1.11 bits per heavy atom. The van der Waals surface area contributed by atoms with E-state index in [0.717, 1.165) is 38.1 Å². The highest BCUT2D eigenvalue weighted by Gasteiger charge is 2.36. The zero-order chi connectivity index (χ0) is 19.6. The van der Waals surface area contributed by atoms with Gasteiger partial charge in [0.05, 0.1) is 0 Å². The summed E-state index contributed by atoms with van der Waals surface area (Å²) >= 11 is 0. The molecule has 0 aliphatic carbocycles. The first-order valence-corrected chi connectivity index (χ1v) is 10.5. The van der Waals surface area contributed by atoms with Crippen molar-refractivity contribution >= 4 is 21.9 Å². The molecule has 2 fully saturated rings. The molecule has 0 aromatic carbocycles. The molecule has 1 amide bonds. The van der Waals surface area contributed by atoms with Crippen molar-refractivity contribution in [1.82, 2.24) is 9.21 Å². The lowest BCUT2D eigenvalue weighted by molar-refractivity contribution is -0.138. The highest BCUT2D eigenvalue weighted by Crippen LogP contribution is 2.27. The molecule has 3 heterocycles. The lowest BCUT2D eigenvalue weighted by atomic mass is 9.93. The highest BCUT2D eigenvalue weighted by atomic mass is 32.2. The first-order chi connectivity index (χ1) is 12.8. The Bertz CT molecular complexity index is 815. The number of aromatic carboxylic acids is 1. The van der Waals surface area contributed by atoms with E-state index in [1.54, 1.807) is 0 Å². The molecule has 1 aromatic rings. The Morgan fingerprint density at radius 2 is 1.74 bits per heavy atom. The molecule has 2 saturated heterocycles. The predicted molar refractivity (Wildman–Crippen MR) is 96.7 cm³/mol. The third kappa shape index (κ3) is 4.08. The Labute approximate surface area is 158 Å². The molecule has 8 nitrogen and oxygen atoms in total. The molecule has 2 aliphatic heterocycles. The molecule has 1 aromatic heterocycles. The molecule has 1 N–H and O–H groups in total. The molecule has 3 rings (SSSR count). The molecule has 0 bridgehead atoms. The van der Waals surface area contributed by atoms with E-state index in [4.69, 9.17) is 9.52 Å². The number of hydrogen-bond donors (Lipinski definition) is 1. The number of rotatable bonds is 5. The highest BCUT2D eigenvalue weighted by molar-refractivity contribution is 7.89. The van der Waals surface area contributed by atoms with Crippen LogP contribution < -0.4 is 0 Å². The number of amides is 1. The SMILES string of the molecule is C=CC1CCN(C(=O)C2CCN(S(=O)(=O)c3ccc(C(=O)O)o3)CC2)CC1. The van der Waals surface area contributed by atoms with E-state index >= 15 is 0 Å². The molecule has 9 heteroatoms. The quantitative estimate of drug-likeness (QED) is 0.761. The second kappa shape index (κ2) is 7.85. The fourth-order valence-corrected chi connectivity index (χ4v) is 5.04. The molecule has 0 saturated carbocycles. The van der Waals surface area contributed by atoms with Crippen LogP contribution in [0.1, 0.15) is 36.2 Å². The van der Waals surface area contributed by atoms with Gasteiger partial charge in [0, 0.05) is 32.1 Å². The summed E-state index contributed by atoms with van der Waals surface area (Å²) in [5.41, 5.74) is 0. The number of carboxylic acids is 1. The first kappa shape index (κ1) is 19.6. The molecule has 0 radical (unpaired) electrons. The van der Waals surface area contributed by atoms with Crippen molar-refractivity contribution in [1.29, 1.82) is 0 Å². The summed E-state index contributed by atoms with van der Waals surface area (Å²) in [6, 6.07) is 2.28. The molecule has 27 heavy (non-hydrogen) atoms. The van der Waals surface area contributed by atoms with Gasteiger partial charge < -0.3 is 14.4 Å². The summed E-state index contributed by atoms with van der Waals surface area (Å²) < 4.78 is 31.4. The fraction of sp³-hybridized carbons (Fsp3) is 0.556. The van der Waals surface area contributed by atoms with Crippen LogP contribution in [-0.2, 0) is 14.8 Å². The zero-order valence-corrected chi connectivity index (χ0v) is 15.9. The van der Waals surface area contributed by atoms with Crippen LogP contribution in [0.2, 0.25) is 0 Å². The zero-order valence-electron chi connectivity index (χ0n) is 15.0. The molecular weight excluding hydrogens is 372 g/mol. The van der Waals surface area contributed by atoms with Crippen LogP contribution in [0, 0.1) is 11.8 Å². The van der Waals surface area contributed by atoms with Crippen LogP contribution in [0.4, 0.5) is 0 Å². The van der Waals surface area contributed by atoms with E-state index in [1.165, 1.54) is 4.31 Å². The molecule has 148 valence electrons. The van der Waals surface area contributed by atoms with Crippen molar-refractivity contribution in [3.05, 3.63) is 30.5 Å². The van der Waals surface area contributed by atoms with Gasteiger partial charge in [-0.15, -0.1) is 6.58 Å². The summed E-state index contributed by atoms with van der Waals surface area (Å²) in [7, 11) is -3.89. The Morgan fingerprint density at radius 3 is 2.26 bits per heavy atom. The van der Waals surface area contributed by atoms with E-state index in [0.29, 0.717) is 18.8 Å². The Hall–Kier alpha value is -2.13. The maximum absolute atomic E-state index is 12.7. The minimum atomic E-state index is -3.89. The number of carbonyl (C=O) groups excluding carboxylic acids is 1. The van der Waals surface area contributed by atoms with Gasteiger partial charge in [-0.2, -0.15) is 4.31 Å². The average Bonchev–Trinajstić information content (AvgIpc) is 3.19. The van der Waals surface area contributed by atoms with Gasteiger partial charge in [-0.25, -0.2) is 13.2 Å². The summed E-state index contributed by atoms with van der Waals surface area (Å²) in [6.45, 7) is 5.67. The largest absolute Gasteiger partial charge is 0.475 e. The number of nitrogens with zero attached hydrogens (tertiary/aromatic N) is 2. The van der Waals surface area contributed by atoms with Gasteiger partial charge in [0.1, 0.15) is 0 Å². The first-order valence-electron chi connectivity index (χ1n) is 9.07. The van der Waals surface area contributed by atoms with Crippen LogP contribution in [0.25, 0.3) is 0 Å². The summed E-state index contributed by atoms with van der Waals surface area (Å²) in [4.78, 5) is 25.5. The number of allylic oxidation sites excluding steroid dienone is 1. The maximum Gasteiger partial charge on any atom is 0.371 e. The van der Waals surface area contributed by atoms with Crippen LogP contribution in [0.3, 0.4) is 0 Å². The third-order valence-corrected chi connectivity index (χ3v) is 7.15. The summed E-state index contributed by atoms with van der Waals surface area (Å²) in [5.74, 6) is -1.35. The number of piperidine rings is 2. The summed E-state index contributed by atoms with van der Waals surface area (Å²) in [6.07, 6.45) is 4.69. The average molecular weight is 396 g/mol. The maximum atomic E-state index is 12.7. The molecular formula is C18H24N2O6S. The van der Waals surface area contributed by atoms with Crippen LogP contribution in [0.5, 0.6) is 0 Å². The Kier molecular flexibility index (Phi) is 5.71. The number of carbonyl (C=O) groups is 2. The van der Waals surface area contributed by atoms with Gasteiger partial charge in [-0.1, -0.05) is 6.08 Å². The topological polar surface area (TPSA) is 108 Å². The molecule has 0 atom stereocenters. The van der Waals surface area contributed by atoms with Crippen molar-refractivity contribution in [2.75, 3.05) is 26.2 Å². The van der Waals surface area contributed by atoms with Crippen molar-refractivity contribution in [2.45, 2.75) is 30.8 Å². The van der Waals surface area contributed by atoms with Crippen LogP contribution >= 0.6 is 0 Å². The molecule has 0 spiro atoms. The van der Waals surface area contributed by atoms with Gasteiger partial charge in [0.15, 0.2) is 0 Å². The lowest BCUT2D eigenvalue weighted by Gasteiger charge is -2.36. The van der Waals surface area contributed by atoms with E-state index in [9.17, 15) is 18.0 Å². The van der Waals surface area contributed by atoms with Gasteiger partial charge in [-0.05, 0) is 43.7 Å². The second-order valence-corrected chi connectivity index (χ2v) is 8.87. The van der Waals surface area contributed by atoms with Gasteiger partial charge in [0.2, 0.25) is 16.8 Å². The number of hydrogen-bond acceptors (Lipinski definition) is 5. The third-order valence-electron chi connectivity index (χ3n) is 5.37. The normalized spacial score (nSPS) is 20.5. The van der Waals surface area contributed by atoms with E-state index in [1.807, 2.05) is 11.0 Å². The van der Waals surface area contributed by atoms with Crippen molar-refractivity contribution in [3.8, 4) is 0 Å². The van der Waals surface area contributed by atoms with Crippen LogP contribution in [-0.4, -0.2) is 60.8 Å². The lowest BCUT2D eigenvalue weighted by Crippen LogP contribution is -2.46. The van der Waals surface area contributed by atoms with E-state index in [2.05, 4.69) is 6.58 Å². The van der Waals surface area contributed by atoms with Crippen LogP contribution in [0.15, 0.2) is 34.3 Å². The number of likely N-dealkylation sites (tertiary alicyclic amines) is 1. The predicted octanol–water partition coefficient (Wildman–Crippen LogP) is 1.80. The van der Waals surface area contributed by atoms with E-state index < -0.39 is 21.8 Å². The minimum absolute atomic E-state index is 0.0979. The Balaban J connectivity index is 1.58. The molecule has 2 aliphatic rings.